The first-order valence-electron chi connectivity index (χ1n) is 2.10. The summed E-state index contributed by atoms with van der Waals surface area (Å²) in [6, 6.07) is 0. The summed E-state index contributed by atoms with van der Waals surface area (Å²) in [4.78, 5) is 14.1. The summed E-state index contributed by atoms with van der Waals surface area (Å²) in [7, 11) is 0. The van der Waals surface area contributed by atoms with Gasteiger partial charge in [0.2, 0.25) is 0 Å². The van der Waals surface area contributed by atoms with Crippen LogP contribution in [-0.2, 0) is 4.79 Å². The number of carbonyl (C=O) groups excluding carboxylic acids is 1. The zero-order chi connectivity index (χ0) is 6.41. The molecular formula is C4H6Ge3O. The third-order valence-corrected chi connectivity index (χ3v) is 6.37. The topological polar surface area (TPSA) is 17.1 Å². The van der Waals surface area contributed by atoms with Gasteiger partial charge in [-0.1, -0.05) is 0 Å². The van der Waals surface area contributed by atoms with E-state index in [1.54, 1.807) is 30.1 Å². The monoisotopic (exact) mass is 292 g/mol. The zero-order valence-electron chi connectivity index (χ0n) is 4.37. The molecule has 0 aliphatic heterocycles. The van der Waals surface area contributed by atoms with Gasteiger partial charge < -0.3 is 0 Å². The van der Waals surface area contributed by atoms with Gasteiger partial charge in [0.25, 0.3) is 0 Å². The van der Waals surface area contributed by atoms with E-state index in [2.05, 4.69) is 4.91 Å². The summed E-state index contributed by atoms with van der Waals surface area (Å²) in [6.07, 6.45) is 1.99. The number of hydrogen-bond acceptors (Lipinski definition) is 1. The zero-order valence-corrected chi connectivity index (χ0v) is 11.3. The molecule has 0 rings (SSSR count). The van der Waals surface area contributed by atoms with E-state index >= 15 is 0 Å². The SMILES string of the molecule is O=[CH][Ge](=[GeH])[CH]=C[CH]=[GeH]. The molecule has 0 N–H and O–H groups in total. The summed E-state index contributed by atoms with van der Waals surface area (Å²) >= 11 is 1.94. The molecule has 0 aromatic carbocycles. The molecule has 0 saturated carbocycles. The minimum atomic E-state index is -1.25. The second kappa shape index (κ2) is 6.04. The van der Waals surface area contributed by atoms with Crippen molar-refractivity contribution in [3.8, 4) is 0 Å². The van der Waals surface area contributed by atoms with Gasteiger partial charge in [-0.15, -0.1) is 0 Å². The van der Waals surface area contributed by atoms with Gasteiger partial charge in [-0.05, 0) is 0 Å². The quantitative estimate of drug-likeness (QED) is 0.454. The molecule has 0 aliphatic carbocycles. The Morgan fingerprint density at radius 3 is 2.50 bits per heavy atom. The van der Waals surface area contributed by atoms with Gasteiger partial charge in [-0.2, -0.15) is 0 Å². The molecule has 8 heavy (non-hydrogen) atoms. The average molecular weight is 288 g/mol. The van der Waals surface area contributed by atoms with Crippen LogP contribution in [0.4, 0.5) is 0 Å². The fourth-order valence-corrected chi connectivity index (χ4v) is 3.49. The summed E-state index contributed by atoms with van der Waals surface area (Å²) in [5.41, 5.74) is 0. The predicted molar refractivity (Wildman–Crippen MR) is 42.0 cm³/mol. The molecule has 0 aliphatic rings. The Balaban J connectivity index is 3.69. The van der Waals surface area contributed by atoms with E-state index in [0.717, 1.165) is 5.12 Å². The average Bonchev–Trinajstić information content (AvgIpc) is 1.83. The molecule has 0 fully saturated rings. The van der Waals surface area contributed by atoms with Crippen molar-refractivity contribution in [3.05, 3.63) is 11.0 Å². The summed E-state index contributed by atoms with van der Waals surface area (Å²) in [6.45, 7) is 0. The first kappa shape index (κ1) is 8.91. The maximum atomic E-state index is 10.0. The number of hydrogen-bond donors (Lipinski definition) is 0. The molecule has 0 atom stereocenters. The molecule has 0 heterocycles. The van der Waals surface area contributed by atoms with Crippen LogP contribution in [0.15, 0.2) is 11.0 Å². The van der Waals surface area contributed by atoms with E-state index in [0.29, 0.717) is 0 Å². The third kappa shape index (κ3) is 5.05. The second-order valence-corrected chi connectivity index (χ2v) is 12.5. The second-order valence-electron chi connectivity index (χ2n) is 1.17. The Morgan fingerprint density at radius 1 is 1.50 bits per heavy atom. The van der Waals surface area contributed by atoms with Gasteiger partial charge >= 0.3 is 67.7 Å². The van der Waals surface area contributed by atoms with E-state index in [4.69, 9.17) is 0 Å². The molecule has 0 unspecified atom stereocenters. The van der Waals surface area contributed by atoms with Crippen molar-refractivity contribution in [2.75, 3.05) is 0 Å². The molecule has 0 aromatic rings. The number of carbonyl (C=O) groups is 1. The molecule has 2 radical (unpaired) electrons. The van der Waals surface area contributed by atoms with Crippen molar-refractivity contribution in [2.45, 2.75) is 0 Å². The molecule has 40 valence electrons. The fraction of sp³-hybridized carbons (Fsp3) is 0. The van der Waals surface area contributed by atoms with Crippen molar-refractivity contribution in [1.29, 1.82) is 0 Å². The molecule has 0 saturated heterocycles. The van der Waals surface area contributed by atoms with Gasteiger partial charge in [0, 0.05) is 0 Å². The van der Waals surface area contributed by atoms with Crippen molar-refractivity contribution in [1.82, 2.24) is 0 Å². The van der Waals surface area contributed by atoms with E-state index < -0.39 is 11.8 Å². The summed E-state index contributed by atoms with van der Waals surface area (Å²) in [5, 5.41) is 1.12. The third-order valence-electron chi connectivity index (χ3n) is 0.536. The van der Waals surface area contributed by atoms with Gasteiger partial charge in [0.05, 0.1) is 0 Å². The van der Waals surface area contributed by atoms with Gasteiger partial charge in [0.15, 0.2) is 0 Å². The fourth-order valence-electron chi connectivity index (χ4n) is 0.206. The van der Waals surface area contributed by atoms with Crippen LogP contribution in [0.1, 0.15) is 0 Å². The molecule has 1 nitrogen and oxygen atoms in total. The molecule has 0 aromatic heterocycles. The van der Waals surface area contributed by atoms with E-state index in [9.17, 15) is 4.79 Å². The number of rotatable bonds is 3. The van der Waals surface area contributed by atoms with Crippen LogP contribution < -0.4 is 0 Å². The molecule has 0 spiro atoms. The molecule has 0 bridgehead atoms. The van der Waals surface area contributed by atoms with Crippen LogP contribution in [0, 0.1) is 0 Å². The Morgan fingerprint density at radius 2 is 2.12 bits per heavy atom. The Kier molecular flexibility index (Phi) is 6.72. The molecule has 4 heteroatoms. The van der Waals surface area contributed by atoms with Crippen molar-refractivity contribution >= 4 is 51.9 Å². The van der Waals surface area contributed by atoms with Gasteiger partial charge in [-0.3, -0.25) is 0 Å². The van der Waals surface area contributed by atoms with E-state index in [1.165, 1.54) is 0 Å². The Bertz CT molecular complexity index is 138. The Labute approximate surface area is 67.3 Å². The van der Waals surface area contributed by atoms with Crippen molar-refractivity contribution in [3.63, 3.8) is 0 Å². The first-order chi connectivity index (χ1) is 3.81. The van der Waals surface area contributed by atoms with Crippen LogP contribution in [0.2, 0.25) is 0 Å². The van der Waals surface area contributed by atoms with Crippen LogP contribution in [0.5, 0.6) is 0 Å². The van der Waals surface area contributed by atoms with Gasteiger partial charge in [0.1, 0.15) is 0 Å². The maximum absolute atomic E-state index is 10.0. The molecular weight excluding hydrogens is 282 g/mol. The van der Waals surface area contributed by atoms with Crippen molar-refractivity contribution in [2.24, 2.45) is 0 Å². The minimum absolute atomic E-state index is 1.12. The van der Waals surface area contributed by atoms with Crippen molar-refractivity contribution < 1.29 is 4.79 Å². The van der Waals surface area contributed by atoms with Crippen LogP contribution >= 0.6 is 0 Å². The Hall–Kier alpha value is 0.909. The summed E-state index contributed by atoms with van der Waals surface area (Å²) in [5.74, 6) is 0. The molecule has 0 amide bonds. The normalized spacial score (nSPS) is 9.00. The van der Waals surface area contributed by atoms with E-state index in [-0.39, 0.29) is 0 Å². The van der Waals surface area contributed by atoms with Gasteiger partial charge in [-0.25, -0.2) is 0 Å². The standard InChI is InChI=1S/C4H6Ge3O/c5-2-1-3-7(6)4-8/h1-6H. The van der Waals surface area contributed by atoms with Crippen LogP contribution in [-0.4, -0.2) is 51.9 Å². The first-order valence-corrected chi connectivity index (χ1v) is 13.4. The van der Waals surface area contributed by atoms with Crippen LogP contribution in [0.3, 0.4) is 0 Å². The van der Waals surface area contributed by atoms with Crippen LogP contribution in [0.25, 0.3) is 0 Å². The number of allylic oxidation sites excluding steroid dienone is 1. The summed E-state index contributed by atoms with van der Waals surface area (Å²) < 4.78 is 0. The predicted octanol–water partition coefficient (Wildman–Crippen LogP) is -1.55. The van der Waals surface area contributed by atoms with E-state index in [1.807, 2.05) is 10.9 Å².